The number of ether oxygens (including phenoxy) is 1. The zero-order valence-electron chi connectivity index (χ0n) is 15.4. The standard InChI is InChI=1S/C21H21F3N2O2/c1-28-19-8-3-2-7-18(19)25-11-13-26(14-12-25)20(27)10-9-16-5-4-6-17(15-16)21(22,23)24/h2-10,15H,11-14H2,1H3/b10-9+. The summed E-state index contributed by atoms with van der Waals surface area (Å²) in [6.07, 6.45) is -1.65. The lowest BCUT2D eigenvalue weighted by Crippen LogP contribution is -2.48. The summed E-state index contributed by atoms with van der Waals surface area (Å²) in [7, 11) is 1.62. The van der Waals surface area contributed by atoms with Crippen LogP contribution in [0.5, 0.6) is 5.75 Å². The fourth-order valence-electron chi connectivity index (χ4n) is 3.15. The number of alkyl halides is 3. The van der Waals surface area contributed by atoms with E-state index in [0.717, 1.165) is 23.6 Å². The number of anilines is 1. The molecule has 1 fully saturated rings. The number of carbonyl (C=O) groups excluding carboxylic acids is 1. The van der Waals surface area contributed by atoms with E-state index >= 15 is 0 Å². The zero-order chi connectivity index (χ0) is 20.1. The van der Waals surface area contributed by atoms with Crippen molar-refractivity contribution in [1.29, 1.82) is 0 Å². The average Bonchev–Trinajstić information content (AvgIpc) is 2.71. The van der Waals surface area contributed by atoms with Crippen LogP contribution in [0.25, 0.3) is 6.08 Å². The van der Waals surface area contributed by atoms with Crippen molar-refractivity contribution < 1.29 is 22.7 Å². The van der Waals surface area contributed by atoms with Gasteiger partial charge in [-0.25, -0.2) is 0 Å². The Morgan fingerprint density at radius 1 is 1.04 bits per heavy atom. The van der Waals surface area contributed by atoms with Crippen molar-refractivity contribution in [2.75, 3.05) is 38.2 Å². The third-order valence-electron chi connectivity index (χ3n) is 4.65. The Kier molecular flexibility index (Phi) is 5.92. The molecule has 1 saturated heterocycles. The molecule has 1 amide bonds. The second-order valence-electron chi connectivity index (χ2n) is 6.44. The van der Waals surface area contributed by atoms with Crippen LogP contribution in [0, 0.1) is 0 Å². The summed E-state index contributed by atoms with van der Waals surface area (Å²) in [4.78, 5) is 16.2. The van der Waals surface area contributed by atoms with Crippen LogP contribution in [0.15, 0.2) is 54.6 Å². The van der Waals surface area contributed by atoms with Crippen LogP contribution < -0.4 is 9.64 Å². The number of amides is 1. The molecule has 0 unspecified atom stereocenters. The molecule has 0 saturated carbocycles. The van der Waals surface area contributed by atoms with Crippen LogP contribution in [0.4, 0.5) is 18.9 Å². The molecule has 4 nitrogen and oxygen atoms in total. The number of carbonyl (C=O) groups is 1. The molecular formula is C21H21F3N2O2. The van der Waals surface area contributed by atoms with Crippen LogP contribution in [-0.4, -0.2) is 44.1 Å². The van der Waals surface area contributed by atoms with Crippen molar-refractivity contribution >= 4 is 17.7 Å². The molecule has 1 aliphatic rings. The highest BCUT2D eigenvalue weighted by Gasteiger charge is 2.30. The van der Waals surface area contributed by atoms with E-state index < -0.39 is 11.7 Å². The maximum Gasteiger partial charge on any atom is 0.416 e. The number of piperazine rings is 1. The van der Waals surface area contributed by atoms with E-state index in [1.165, 1.54) is 18.2 Å². The largest absolute Gasteiger partial charge is 0.495 e. The van der Waals surface area contributed by atoms with Gasteiger partial charge in [-0.05, 0) is 35.9 Å². The fraction of sp³-hybridized carbons (Fsp3) is 0.286. The predicted octanol–water partition coefficient (Wildman–Crippen LogP) is 4.08. The van der Waals surface area contributed by atoms with Crippen molar-refractivity contribution in [3.63, 3.8) is 0 Å². The van der Waals surface area contributed by atoms with Gasteiger partial charge in [-0.3, -0.25) is 4.79 Å². The van der Waals surface area contributed by atoms with Gasteiger partial charge >= 0.3 is 6.18 Å². The average molecular weight is 390 g/mol. The minimum absolute atomic E-state index is 0.211. The minimum atomic E-state index is -4.40. The van der Waals surface area contributed by atoms with E-state index in [-0.39, 0.29) is 5.91 Å². The van der Waals surface area contributed by atoms with Gasteiger partial charge in [0.1, 0.15) is 5.75 Å². The molecule has 0 N–H and O–H groups in total. The number of benzene rings is 2. The Morgan fingerprint density at radius 2 is 1.75 bits per heavy atom. The molecule has 0 spiro atoms. The summed E-state index contributed by atoms with van der Waals surface area (Å²) in [5, 5.41) is 0. The Bertz CT molecular complexity index is 857. The molecule has 0 radical (unpaired) electrons. The summed E-state index contributed by atoms with van der Waals surface area (Å²) in [6.45, 7) is 2.38. The highest BCUT2D eigenvalue weighted by Crippen LogP contribution is 2.30. The molecule has 0 bridgehead atoms. The number of para-hydroxylation sites is 2. The van der Waals surface area contributed by atoms with Gasteiger partial charge in [0, 0.05) is 32.3 Å². The molecular weight excluding hydrogens is 369 g/mol. The van der Waals surface area contributed by atoms with Gasteiger partial charge in [0.05, 0.1) is 18.4 Å². The maximum absolute atomic E-state index is 12.8. The van der Waals surface area contributed by atoms with Gasteiger partial charge in [0.25, 0.3) is 0 Å². The molecule has 7 heteroatoms. The number of hydrogen-bond acceptors (Lipinski definition) is 3. The minimum Gasteiger partial charge on any atom is -0.495 e. The Labute approximate surface area is 161 Å². The van der Waals surface area contributed by atoms with Crippen LogP contribution >= 0.6 is 0 Å². The molecule has 148 valence electrons. The first kappa shape index (κ1) is 19.8. The number of nitrogens with zero attached hydrogens (tertiary/aromatic N) is 2. The quantitative estimate of drug-likeness (QED) is 0.738. The Balaban J connectivity index is 1.60. The van der Waals surface area contributed by atoms with E-state index in [0.29, 0.717) is 31.7 Å². The van der Waals surface area contributed by atoms with Crippen LogP contribution in [0.3, 0.4) is 0 Å². The predicted molar refractivity (Wildman–Crippen MR) is 102 cm³/mol. The van der Waals surface area contributed by atoms with E-state index in [2.05, 4.69) is 4.90 Å². The van der Waals surface area contributed by atoms with E-state index in [9.17, 15) is 18.0 Å². The van der Waals surface area contributed by atoms with Gasteiger partial charge in [0.15, 0.2) is 0 Å². The lowest BCUT2D eigenvalue weighted by Gasteiger charge is -2.36. The van der Waals surface area contributed by atoms with Gasteiger partial charge < -0.3 is 14.5 Å². The lowest BCUT2D eigenvalue weighted by atomic mass is 10.1. The van der Waals surface area contributed by atoms with Crippen molar-refractivity contribution in [2.45, 2.75) is 6.18 Å². The third-order valence-corrected chi connectivity index (χ3v) is 4.65. The molecule has 2 aromatic rings. The second kappa shape index (κ2) is 8.37. The summed E-state index contributed by atoms with van der Waals surface area (Å²) in [6, 6.07) is 12.6. The topological polar surface area (TPSA) is 32.8 Å². The van der Waals surface area contributed by atoms with Gasteiger partial charge in [-0.2, -0.15) is 13.2 Å². The zero-order valence-corrected chi connectivity index (χ0v) is 15.4. The molecule has 1 heterocycles. The first-order chi connectivity index (χ1) is 13.4. The van der Waals surface area contributed by atoms with Gasteiger partial charge in [-0.15, -0.1) is 0 Å². The third kappa shape index (κ3) is 4.65. The van der Waals surface area contributed by atoms with Crippen molar-refractivity contribution in [1.82, 2.24) is 4.90 Å². The van der Waals surface area contributed by atoms with Crippen LogP contribution in [-0.2, 0) is 11.0 Å². The number of rotatable bonds is 4. The summed E-state index contributed by atoms with van der Waals surface area (Å²) < 4.78 is 43.7. The van der Waals surface area contributed by atoms with Gasteiger partial charge in [-0.1, -0.05) is 24.3 Å². The first-order valence-corrected chi connectivity index (χ1v) is 8.90. The van der Waals surface area contributed by atoms with Crippen molar-refractivity contribution in [2.24, 2.45) is 0 Å². The second-order valence-corrected chi connectivity index (χ2v) is 6.44. The van der Waals surface area contributed by atoms with E-state index in [4.69, 9.17) is 4.74 Å². The molecule has 0 atom stereocenters. The Hall–Kier alpha value is -2.96. The van der Waals surface area contributed by atoms with Crippen molar-refractivity contribution in [3.8, 4) is 5.75 Å². The molecule has 0 aromatic heterocycles. The lowest BCUT2D eigenvalue weighted by molar-refractivity contribution is -0.137. The van der Waals surface area contributed by atoms with Crippen molar-refractivity contribution in [3.05, 3.63) is 65.7 Å². The maximum atomic E-state index is 12.8. The molecule has 3 rings (SSSR count). The summed E-state index contributed by atoms with van der Waals surface area (Å²) in [5.41, 5.74) is 0.597. The van der Waals surface area contributed by atoms with Crippen LogP contribution in [0.1, 0.15) is 11.1 Å². The fourth-order valence-corrected chi connectivity index (χ4v) is 3.15. The number of methoxy groups -OCH3 is 1. The van der Waals surface area contributed by atoms with E-state index in [1.807, 2.05) is 24.3 Å². The SMILES string of the molecule is COc1ccccc1N1CCN(C(=O)/C=C/c2cccc(C(F)(F)F)c2)CC1. The van der Waals surface area contributed by atoms with Gasteiger partial charge in [0.2, 0.25) is 5.91 Å². The molecule has 28 heavy (non-hydrogen) atoms. The highest BCUT2D eigenvalue weighted by atomic mass is 19.4. The Morgan fingerprint density at radius 3 is 2.43 bits per heavy atom. The normalized spacial score (nSPS) is 15.1. The molecule has 2 aromatic carbocycles. The number of halogens is 3. The summed E-state index contributed by atoms with van der Waals surface area (Å²) >= 11 is 0. The molecule has 0 aliphatic carbocycles. The number of hydrogen-bond donors (Lipinski definition) is 0. The highest BCUT2D eigenvalue weighted by molar-refractivity contribution is 5.92. The monoisotopic (exact) mass is 390 g/mol. The smallest absolute Gasteiger partial charge is 0.416 e. The summed E-state index contributed by atoms with van der Waals surface area (Å²) in [5.74, 6) is 0.573. The first-order valence-electron chi connectivity index (χ1n) is 8.90. The van der Waals surface area contributed by atoms with E-state index in [1.54, 1.807) is 18.1 Å². The van der Waals surface area contributed by atoms with Crippen LogP contribution in [0.2, 0.25) is 0 Å². The molecule has 1 aliphatic heterocycles.